The molecule has 2 fully saturated rings. The minimum absolute atomic E-state index is 0.0486. The summed E-state index contributed by atoms with van der Waals surface area (Å²) in [6.07, 6.45) is 6.46. The van der Waals surface area contributed by atoms with Crippen molar-refractivity contribution in [3.63, 3.8) is 0 Å². The Bertz CT molecular complexity index is 691. The van der Waals surface area contributed by atoms with Gasteiger partial charge in [-0.15, -0.1) is 0 Å². The van der Waals surface area contributed by atoms with Crippen LogP contribution in [0.15, 0.2) is 21.7 Å². The molecule has 1 aromatic carbocycles. The van der Waals surface area contributed by atoms with Crippen LogP contribution in [0, 0.1) is 17.3 Å². The fourth-order valence-electron chi connectivity index (χ4n) is 4.12. The molecule has 6 heteroatoms. The van der Waals surface area contributed by atoms with Gasteiger partial charge in [0.2, 0.25) is 12.7 Å². The third-order valence-corrected chi connectivity index (χ3v) is 6.17. The summed E-state index contributed by atoms with van der Waals surface area (Å²) in [6.45, 7) is 2.47. The van der Waals surface area contributed by atoms with Crippen LogP contribution in [0.25, 0.3) is 0 Å². The molecule has 1 heterocycles. The van der Waals surface area contributed by atoms with Gasteiger partial charge < -0.3 is 9.47 Å². The highest BCUT2D eigenvalue weighted by Crippen LogP contribution is 2.66. The van der Waals surface area contributed by atoms with Crippen molar-refractivity contribution in [1.29, 1.82) is 0 Å². The Kier molecular flexibility index (Phi) is 3.59. The van der Waals surface area contributed by atoms with Crippen LogP contribution in [0.1, 0.15) is 38.2 Å². The normalized spacial score (nSPS) is 31.0. The molecule has 5 nitrogen and oxygen atoms in total. The molecule has 122 valence electrons. The number of carbonyl (C=O) groups excluding carboxylic acids is 1. The Morgan fingerprint density at radius 2 is 2.17 bits per heavy atom. The maximum Gasteiger partial charge on any atom is 0.244 e. The van der Waals surface area contributed by atoms with Crippen LogP contribution >= 0.6 is 15.9 Å². The Morgan fingerprint density at radius 1 is 1.39 bits per heavy atom. The molecule has 0 radical (unpaired) electrons. The summed E-state index contributed by atoms with van der Waals surface area (Å²) in [5.41, 5.74) is 3.75. The van der Waals surface area contributed by atoms with E-state index in [1.54, 1.807) is 6.21 Å². The fourth-order valence-corrected chi connectivity index (χ4v) is 4.54. The van der Waals surface area contributed by atoms with Crippen molar-refractivity contribution < 1.29 is 14.3 Å². The number of benzene rings is 1. The average molecular weight is 379 g/mol. The summed E-state index contributed by atoms with van der Waals surface area (Å²) >= 11 is 3.48. The van der Waals surface area contributed by atoms with Crippen LogP contribution in [0.4, 0.5) is 0 Å². The van der Waals surface area contributed by atoms with Gasteiger partial charge in [-0.2, -0.15) is 5.10 Å². The number of halogens is 1. The number of hydrazone groups is 1. The maximum absolute atomic E-state index is 12.4. The minimum Gasteiger partial charge on any atom is -0.454 e. The van der Waals surface area contributed by atoms with Crippen LogP contribution in [0.5, 0.6) is 11.5 Å². The van der Waals surface area contributed by atoms with E-state index in [-0.39, 0.29) is 24.0 Å². The third kappa shape index (κ3) is 2.53. The monoisotopic (exact) mass is 378 g/mol. The summed E-state index contributed by atoms with van der Waals surface area (Å²) in [6, 6.07) is 3.70. The van der Waals surface area contributed by atoms with Gasteiger partial charge in [0.15, 0.2) is 11.5 Å². The second-order valence-corrected chi connectivity index (χ2v) is 7.65. The first-order valence-electron chi connectivity index (χ1n) is 8.02. The Morgan fingerprint density at radius 3 is 2.91 bits per heavy atom. The van der Waals surface area contributed by atoms with Crippen molar-refractivity contribution in [3.05, 3.63) is 22.2 Å². The van der Waals surface area contributed by atoms with E-state index >= 15 is 0 Å². The quantitative estimate of drug-likeness (QED) is 0.647. The van der Waals surface area contributed by atoms with E-state index in [9.17, 15) is 4.79 Å². The minimum atomic E-state index is 0.0486. The highest BCUT2D eigenvalue weighted by molar-refractivity contribution is 9.10. The van der Waals surface area contributed by atoms with Gasteiger partial charge in [-0.1, -0.05) is 19.8 Å². The summed E-state index contributed by atoms with van der Waals surface area (Å²) in [7, 11) is 0. The Labute approximate surface area is 143 Å². The number of hydrogen-bond donors (Lipinski definition) is 1. The van der Waals surface area contributed by atoms with Crippen molar-refractivity contribution in [2.24, 2.45) is 22.4 Å². The largest absolute Gasteiger partial charge is 0.454 e. The van der Waals surface area contributed by atoms with Gasteiger partial charge in [0.25, 0.3) is 0 Å². The molecule has 0 saturated heterocycles. The molecule has 3 atom stereocenters. The standard InChI is InChI=1S/C17H19BrN2O3/c1-17-5-3-2-4-11(17)15(17)16(21)20-19-8-10-6-13-14(7-12(10)18)23-9-22-13/h6-8,11,15H,2-5,9H2,1H3,(H,20,21)/b19-8+. The smallest absolute Gasteiger partial charge is 0.244 e. The molecule has 1 aliphatic heterocycles. The van der Waals surface area contributed by atoms with E-state index in [0.717, 1.165) is 16.5 Å². The van der Waals surface area contributed by atoms with Gasteiger partial charge in [-0.3, -0.25) is 4.79 Å². The predicted molar refractivity (Wildman–Crippen MR) is 89.6 cm³/mol. The average Bonchev–Trinajstić information content (AvgIpc) is 2.91. The molecule has 3 unspecified atom stereocenters. The summed E-state index contributed by atoms with van der Waals surface area (Å²) in [4.78, 5) is 12.4. The van der Waals surface area contributed by atoms with Crippen molar-refractivity contribution in [3.8, 4) is 11.5 Å². The first-order valence-corrected chi connectivity index (χ1v) is 8.81. The number of rotatable bonds is 3. The van der Waals surface area contributed by atoms with Crippen LogP contribution in [-0.2, 0) is 4.79 Å². The second kappa shape index (κ2) is 5.51. The van der Waals surface area contributed by atoms with Crippen molar-refractivity contribution in [2.75, 3.05) is 6.79 Å². The number of fused-ring (bicyclic) bond motifs is 2. The van der Waals surface area contributed by atoms with Crippen LogP contribution in [-0.4, -0.2) is 18.9 Å². The summed E-state index contributed by atoms with van der Waals surface area (Å²) < 4.78 is 11.5. The zero-order valence-corrected chi connectivity index (χ0v) is 14.6. The molecule has 4 rings (SSSR count). The Balaban J connectivity index is 1.41. The number of hydrogen-bond acceptors (Lipinski definition) is 4. The summed E-state index contributed by atoms with van der Waals surface area (Å²) in [5, 5.41) is 4.13. The molecular formula is C17H19BrN2O3. The zero-order valence-electron chi connectivity index (χ0n) is 13.0. The van der Waals surface area contributed by atoms with E-state index in [2.05, 4.69) is 33.4 Å². The lowest BCUT2D eigenvalue weighted by atomic mass is 9.90. The topological polar surface area (TPSA) is 59.9 Å². The predicted octanol–water partition coefficient (Wildman–Crippen LogP) is 3.45. The molecular weight excluding hydrogens is 360 g/mol. The van der Waals surface area contributed by atoms with Gasteiger partial charge in [0.1, 0.15) is 0 Å². The molecule has 1 amide bonds. The van der Waals surface area contributed by atoms with E-state index in [4.69, 9.17) is 9.47 Å². The molecule has 0 aromatic heterocycles. The molecule has 2 saturated carbocycles. The SMILES string of the molecule is CC12CCCCC1C2C(=O)N/N=C/c1cc2c(cc1Br)OCO2. The summed E-state index contributed by atoms with van der Waals surface area (Å²) in [5.74, 6) is 2.13. The molecule has 1 N–H and O–H groups in total. The van der Waals surface area contributed by atoms with Gasteiger partial charge in [-0.05, 0) is 52.2 Å². The van der Waals surface area contributed by atoms with Gasteiger partial charge in [0.05, 0.1) is 6.21 Å². The third-order valence-electron chi connectivity index (χ3n) is 5.48. The lowest BCUT2D eigenvalue weighted by Gasteiger charge is -2.15. The molecule has 0 spiro atoms. The molecule has 2 aliphatic carbocycles. The van der Waals surface area contributed by atoms with Crippen molar-refractivity contribution in [1.82, 2.24) is 5.43 Å². The van der Waals surface area contributed by atoms with E-state index in [1.807, 2.05) is 12.1 Å². The van der Waals surface area contributed by atoms with Gasteiger partial charge in [-0.25, -0.2) is 5.43 Å². The van der Waals surface area contributed by atoms with Crippen LogP contribution < -0.4 is 14.9 Å². The maximum atomic E-state index is 12.4. The zero-order chi connectivity index (χ0) is 16.0. The molecule has 23 heavy (non-hydrogen) atoms. The Hall–Kier alpha value is -1.56. The van der Waals surface area contributed by atoms with Crippen LogP contribution in [0.3, 0.4) is 0 Å². The van der Waals surface area contributed by atoms with E-state index in [0.29, 0.717) is 17.4 Å². The van der Waals surface area contributed by atoms with Crippen LogP contribution in [0.2, 0.25) is 0 Å². The number of nitrogens with one attached hydrogen (secondary N) is 1. The number of amides is 1. The molecule has 3 aliphatic rings. The first kappa shape index (κ1) is 15.0. The number of carbonyl (C=O) groups is 1. The van der Waals surface area contributed by atoms with Crippen molar-refractivity contribution in [2.45, 2.75) is 32.6 Å². The van der Waals surface area contributed by atoms with E-state index < -0.39 is 0 Å². The first-order chi connectivity index (χ1) is 11.1. The highest BCUT2D eigenvalue weighted by Gasteiger charge is 2.64. The molecule has 1 aromatic rings. The fraction of sp³-hybridized carbons (Fsp3) is 0.529. The molecule has 0 bridgehead atoms. The number of ether oxygens (including phenoxy) is 2. The lowest BCUT2D eigenvalue weighted by Crippen LogP contribution is -2.22. The van der Waals surface area contributed by atoms with E-state index in [1.165, 1.54) is 19.3 Å². The lowest BCUT2D eigenvalue weighted by molar-refractivity contribution is -0.123. The van der Waals surface area contributed by atoms with Gasteiger partial charge in [0, 0.05) is 16.0 Å². The van der Waals surface area contributed by atoms with Gasteiger partial charge >= 0.3 is 0 Å². The highest BCUT2D eigenvalue weighted by atomic mass is 79.9. The second-order valence-electron chi connectivity index (χ2n) is 6.80. The number of nitrogens with zero attached hydrogens (tertiary/aromatic N) is 1. The van der Waals surface area contributed by atoms with Crippen molar-refractivity contribution >= 4 is 28.1 Å².